The number of aliphatic carboxylic acids is 1. The summed E-state index contributed by atoms with van der Waals surface area (Å²) in [4.78, 5) is 45.0. The van der Waals surface area contributed by atoms with E-state index in [-0.39, 0.29) is 30.2 Å². The van der Waals surface area contributed by atoms with Gasteiger partial charge in [0.25, 0.3) is 0 Å². The van der Waals surface area contributed by atoms with Crippen molar-refractivity contribution in [1.82, 2.24) is 14.7 Å². The largest absolute Gasteiger partial charge is 0.481 e. The van der Waals surface area contributed by atoms with Gasteiger partial charge in [0.2, 0.25) is 11.8 Å². The zero-order chi connectivity index (χ0) is 22.9. The molecular formula is C22H33N3O6S. The van der Waals surface area contributed by atoms with Crippen LogP contribution in [0.2, 0.25) is 0 Å². The van der Waals surface area contributed by atoms with Gasteiger partial charge in [0.05, 0.1) is 29.8 Å². The van der Waals surface area contributed by atoms with Crippen LogP contribution in [-0.4, -0.2) is 118 Å². The molecule has 0 aliphatic carbocycles. The highest BCUT2D eigenvalue weighted by atomic mass is 32.2. The van der Waals surface area contributed by atoms with Gasteiger partial charge in [-0.1, -0.05) is 6.08 Å². The van der Waals surface area contributed by atoms with Crippen LogP contribution in [0.15, 0.2) is 12.7 Å². The summed E-state index contributed by atoms with van der Waals surface area (Å²) in [6, 6.07) is -0.699. The standard InChI is InChI=1S/C22H33N3O6S/c1-2-6-24(9-8-23-10-13-31-14-11-23)20(28)18-22-5-4-15(32-22)16(21(29)30)17(22)19(27)25(18)7-3-12-26/h2,15-18,26H,1,3-14H2,(H,29,30)/t15-,16+,17+,18?,22?/m1/s1. The summed E-state index contributed by atoms with van der Waals surface area (Å²) in [5.74, 6) is -2.76. The van der Waals surface area contributed by atoms with Gasteiger partial charge in [0.15, 0.2) is 0 Å². The lowest BCUT2D eigenvalue weighted by Gasteiger charge is -2.38. The highest BCUT2D eigenvalue weighted by molar-refractivity contribution is 8.02. The van der Waals surface area contributed by atoms with Gasteiger partial charge in [0.1, 0.15) is 6.04 Å². The number of carbonyl (C=O) groups excluding carboxylic acids is 2. The van der Waals surface area contributed by atoms with E-state index in [1.165, 1.54) is 11.8 Å². The predicted molar refractivity (Wildman–Crippen MR) is 119 cm³/mol. The molecule has 1 spiro atoms. The molecule has 2 bridgehead atoms. The summed E-state index contributed by atoms with van der Waals surface area (Å²) in [6.07, 6.45) is 3.43. The van der Waals surface area contributed by atoms with Crippen LogP contribution < -0.4 is 0 Å². The summed E-state index contributed by atoms with van der Waals surface area (Å²) >= 11 is 1.54. The minimum Gasteiger partial charge on any atom is -0.481 e. The second kappa shape index (κ2) is 9.70. The monoisotopic (exact) mass is 467 g/mol. The first-order valence-corrected chi connectivity index (χ1v) is 12.3. The Morgan fingerprint density at radius 1 is 1.31 bits per heavy atom. The first kappa shape index (κ1) is 23.5. The summed E-state index contributed by atoms with van der Waals surface area (Å²) in [5.41, 5.74) is 0. The van der Waals surface area contributed by atoms with E-state index in [4.69, 9.17) is 4.74 Å². The minimum atomic E-state index is -0.951. The van der Waals surface area contributed by atoms with Crippen LogP contribution in [0.1, 0.15) is 19.3 Å². The molecule has 0 aromatic heterocycles. The molecule has 2 N–H and O–H groups in total. The van der Waals surface area contributed by atoms with Crippen molar-refractivity contribution in [3.63, 3.8) is 0 Å². The number of nitrogens with zero attached hydrogens (tertiary/aromatic N) is 3. The number of carboxylic acids is 1. The van der Waals surface area contributed by atoms with E-state index in [2.05, 4.69) is 11.5 Å². The Balaban J connectivity index is 1.60. The Labute approximate surface area is 192 Å². The van der Waals surface area contributed by atoms with E-state index in [1.54, 1.807) is 15.9 Å². The molecule has 0 radical (unpaired) electrons. The van der Waals surface area contributed by atoms with Crippen molar-refractivity contribution in [2.45, 2.75) is 35.3 Å². The maximum Gasteiger partial charge on any atom is 0.308 e. The number of carbonyl (C=O) groups is 3. The van der Waals surface area contributed by atoms with Gasteiger partial charge in [0, 0.05) is 51.1 Å². The molecule has 0 aromatic rings. The number of hydrogen-bond acceptors (Lipinski definition) is 7. The highest BCUT2D eigenvalue weighted by Gasteiger charge is 2.73. The zero-order valence-corrected chi connectivity index (χ0v) is 19.2. The van der Waals surface area contributed by atoms with Crippen molar-refractivity contribution in [3.8, 4) is 0 Å². The molecule has 4 rings (SSSR count). The fraction of sp³-hybridized carbons (Fsp3) is 0.773. The maximum absolute atomic E-state index is 13.9. The molecule has 4 saturated heterocycles. The number of ether oxygens (including phenoxy) is 1. The lowest BCUT2D eigenvalue weighted by Crippen LogP contribution is -2.56. The number of fused-ring (bicyclic) bond motifs is 1. The maximum atomic E-state index is 13.9. The van der Waals surface area contributed by atoms with Crippen molar-refractivity contribution < 1.29 is 29.3 Å². The Hall–Kier alpha value is -1.62. The van der Waals surface area contributed by atoms with E-state index in [1.807, 2.05) is 0 Å². The molecule has 178 valence electrons. The molecule has 5 atom stereocenters. The molecule has 9 nitrogen and oxygen atoms in total. The molecule has 4 aliphatic rings. The zero-order valence-electron chi connectivity index (χ0n) is 18.4. The SMILES string of the molecule is C=CCN(CCN1CCOCC1)C(=O)C1N(CCCO)C(=O)[C@@H]2[C@@H](C(=O)O)[C@H]3CCC12S3. The average molecular weight is 468 g/mol. The van der Waals surface area contributed by atoms with E-state index in [0.717, 1.165) is 13.1 Å². The third-order valence-electron chi connectivity index (χ3n) is 7.33. The van der Waals surface area contributed by atoms with Crippen LogP contribution >= 0.6 is 11.8 Å². The van der Waals surface area contributed by atoms with Crippen molar-refractivity contribution >= 4 is 29.5 Å². The summed E-state index contributed by atoms with van der Waals surface area (Å²) in [7, 11) is 0. The van der Waals surface area contributed by atoms with Gasteiger partial charge < -0.3 is 24.7 Å². The van der Waals surface area contributed by atoms with Crippen molar-refractivity contribution in [2.24, 2.45) is 11.8 Å². The number of aliphatic hydroxyl groups is 1. The second-order valence-corrected chi connectivity index (χ2v) is 10.6. The Kier molecular flexibility index (Phi) is 7.14. The van der Waals surface area contributed by atoms with E-state index in [0.29, 0.717) is 52.1 Å². The molecular weight excluding hydrogens is 434 g/mol. The molecule has 4 aliphatic heterocycles. The van der Waals surface area contributed by atoms with Crippen LogP contribution in [0.5, 0.6) is 0 Å². The molecule has 2 amide bonds. The van der Waals surface area contributed by atoms with Crippen molar-refractivity contribution in [3.05, 3.63) is 12.7 Å². The van der Waals surface area contributed by atoms with Gasteiger partial charge in [-0.25, -0.2) is 0 Å². The van der Waals surface area contributed by atoms with Gasteiger partial charge in [-0.2, -0.15) is 0 Å². The Morgan fingerprint density at radius 2 is 2.06 bits per heavy atom. The molecule has 32 heavy (non-hydrogen) atoms. The number of amides is 2. The van der Waals surface area contributed by atoms with Gasteiger partial charge in [-0.15, -0.1) is 18.3 Å². The van der Waals surface area contributed by atoms with Crippen molar-refractivity contribution in [2.75, 3.05) is 59.1 Å². The lowest BCUT2D eigenvalue weighted by molar-refractivity contribution is -0.148. The summed E-state index contributed by atoms with van der Waals surface area (Å²) in [6.45, 7) is 8.59. The lowest BCUT2D eigenvalue weighted by atomic mass is 9.71. The van der Waals surface area contributed by atoms with Crippen LogP contribution in [0.4, 0.5) is 0 Å². The summed E-state index contributed by atoms with van der Waals surface area (Å²) in [5, 5.41) is 19.1. The van der Waals surface area contributed by atoms with Crippen LogP contribution in [0, 0.1) is 11.8 Å². The second-order valence-electron chi connectivity index (χ2n) is 9.03. The molecule has 2 unspecified atom stereocenters. The molecule has 4 heterocycles. The number of likely N-dealkylation sites (tertiary alicyclic amines) is 1. The summed E-state index contributed by atoms with van der Waals surface area (Å²) < 4.78 is 4.70. The van der Waals surface area contributed by atoms with Gasteiger partial charge in [-0.05, 0) is 19.3 Å². The number of thioether (sulfide) groups is 1. The van der Waals surface area contributed by atoms with Crippen LogP contribution in [0.3, 0.4) is 0 Å². The molecule has 4 fully saturated rings. The molecule has 10 heteroatoms. The van der Waals surface area contributed by atoms with Crippen LogP contribution in [-0.2, 0) is 19.1 Å². The number of carboxylic acid groups (broad SMARTS) is 1. The van der Waals surface area contributed by atoms with Gasteiger partial charge >= 0.3 is 5.97 Å². The Bertz CT molecular complexity index is 760. The predicted octanol–water partition coefficient (Wildman–Crippen LogP) is -0.109. The molecule has 0 aromatic carbocycles. The first-order chi connectivity index (χ1) is 15.4. The third kappa shape index (κ3) is 3.95. The normalized spacial score (nSPS) is 34.0. The smallest absolute Gasteiger partial charge is 0.308 e. The third-order valence-corrected chi connectivity index (χ3v) is 9.28. The Morgan fingerprint density at radius 3 is 2.72 bits per heavy atom. The highest BCUT2D eigenvalue weighted by Crippen LogP contribution is 2.66. The fourth-order valence-electron chi connectivity index (χ4n) is 5.90. The fourth-order valence-corrected chi connectivity index (χ4v) is 8.11. The topological polar surface area (TPSA) is 111 Å². The first-order valence-electron chi connectivity index (χ1n) is 11.5. The minimum absolute atomic E-state index is 0.0894. The van der Waals surface area contributed by atoms with Crippen LogP contribution in [0.25, 0.3) is 0 Å². The average Bonchev–Trinajstić information content (AvgIpc) is 3.43. The number of aliphatic hydroxyl groups excluding tert-OH is 1. The quantitative estimate of drug-likeness (QED) is 0.429. The number of hydrogen-bond donors (Lipinski definition) is 2. The van der Waals surface area contributed by atoms with E-state index in [9.17, 15) is 24.6 Å². The van der Waals surface area contributed by atoms with E-state index < -0.39 is 28.6 Å². The van der Waals surface area contributed by atoms with E-state index >= 15 is 0 Å². The number of morpholine rings is 1. The van der Waals surface area contributed by atoms with Crippen molar-refractivity contribution in [1.29, 1.82) is 0 Å². The van der Waals surface area contributed by atoms with Gasteiger partial charge in [-0.3, -0.25) is 19.3 Å². The number of rotatable bonds is 10. The molecule has 0 saturated carbocycles.